The molecule has 134 valence electrons. The first-order valence-corrected chi connectivity index (χ1v) is 8.83. The van der Waals surface area contributed by atoms with Crippen LogP contribution in [0.15, 0.2) is 55.5 Å². The maximum atomic E-state index is 10.8. The van der Waals surface area contributed by atoms with Gasteiger partial charge in [-0.1, -0.05) is 6.07 Å². The van der Waals surface area contributed by atoms with Gasteiger partial charge >= 0.3 is 0 Å². The Hall–Kier alpha value is -2.64. The summed E-state index contributed by atoms with van der Waals surface area (Å²) in [6.07, 6.45) is 12.4. The van der Waals surface area contributed by atoms with E-state index in [4.69, 9.17) is 0 Å². The van der Waals surface area contributed by atoms with E-state index in [1.807, 2.05) is 41.4 Å². The van der Waals surface area contributed by atoms with Gasteiger partial charge < -0.3 is 9.67 Å². The van der Waals surface area contributed by atoms with Crippen molar-refractivity contribution < 1.29 is 5.11 Å². The molecule has 7 nitrogen and oxygen atoms in total. The molecule has 1 aliphatic rings. The first kappa shape index (κ1) is 16.8. The Labute approximate surface area is 152 Å². The minimum atomic E-state index is -0.656. The molecule has 1 N–H and O–H groups in total. The lowest BCUT2D eigenvalue weighted by Gasteiger charge is -2.38. The number of imidazole rings is 1. The normalized spacial score (nSPS) is 17.3. The number of nitrogens with zero attached hydrogens (tertiary/aromatic N) is 6. The molecule has 3 aromatic heterocycles. The van der Waals surface area contributed by atoms with Crippen molar-refractivity contribution in [3.05, 3.63) is 61.1 Å². The summed E-state index contributed by atoms with van der Waals surface area (Å²) in [5, 5.41) is 10.8. The van der Waals surface area contributed by atoms with Gasteiger partial charge in [0.05, 0.1) is 18.5 Å². The van der Waals surface area contributed by atoms with Crippen LogP contribution in [0.1, 0.15) is 18.4 Å². The summed E-state index contributed by atoms with van der Waals surface area (Å²) < 4.78 is 1.94. The Morgan fingerprint density at radius 2 is 1.85 bits per heavy atom. The van der Waals surface area contributed by atoms with Crippen LogP contribution >= 0.6 is 0 Å². The second-order valence-corrected chi connectivity index (χ2v) is 6.87. The number of likely N-dealkylation sites (tertiary alicyclic amines) is 1. The van der Waals surface area contributed by atoms with Gasteiger partial charge in [0.1, 0.15) is 5.69 Å². The summed E-state index contributed by atoms with van der Waals surface area (Å²) in [4.78, 5) is 19.5. The third-order valence-electron chi connectivity index (χ3n) is 4.83. The monoisotopic (exact) mass is 350 g/mol. The van der Waals surface area contributed by atoms with Crippen LogP contribution in [0.2, 0.25) is 0 Å². The number of hydrogen-bond donors (Lipinski definition) is 1. The molecule has 0 aliphatic carbocycles. The molecule has 0 unspecified atom stereocenters. The quantitative estimate of drug-likeness (QED) is 0.755. The lowest BCUT2D eigenvalue weighted by molar-refractivity contribution is -0.0358. The van der Waals surface area contributed by atoms with E-state index in [1.165, 1.54) is 0 Å². The zero-order valence-corrected chi connectivity index (χ0v) is 14.6. The summed E-state index contributed by atoms with van der Waals surface area (Å²) in [7, 11) is 0. The van der Waals surface area contributed by atoms with Crippen molar-refractivity contribution in [3.8, 4) is 11.5 Å². The molecule has 0 aromatic carbocycles. The van der Waals surface area contributed by atoms with Crippen LogP contribution < -0.4 is 0 Å². The summed E-state index contributed by atoms with van der Waals surface area (Å²) in [6, 6.07) is 5.71. The Kier molecular flexibility index (Phi) is 4.73. The van der Waals surface area contributed by atoms with E-state index in [2.05, 4.69) is 24.8 Å². The Bertz CT molecular complexity index is 811. The standard InChI is InChI=1S/C19H22N6O/c26-19(14-25-10-7-20-15-25)4-8-24(9-5-19)13-16-11-22-18(23-12-16)17-3-1-2-6-21-17/h1-3,6-7,10-12,15,26H,4-5,8-9,13-14H2. The zero-order chi connectivity index (χ0) is 17.8. The molecule has 0 bridgehead atoms. The average Bonchev–Trinajstić information content (AvgIpc) is 3.18. The highest BCUT2D eigenvalue weighted by atomic mass is 16.3. The fourth-order valence-electron chi connectivity index (χ4n) is 3.33. The highest BCUT2D eigenvalue weighted by molar-refractivity contribution is 5.47. The highest BCUT2D eigenvalue weighted by Crippen LogP contribution is 2.25. The fraction of sp³-hybridized carbons (Fsp3) is 0.368. The number of aromatic nitrogens is 5. The zero-order valence-electron chi connectivity index (χ0n) is 14.6. The molecule has 3 aromatic rings. The molecule has 0 atom stereocenters. The van der Waals surface area contributed by atoms with Crippen molar-refractivity contribution in [2.75, 3.05) is 13.1 Å². The molecule has 0 radical (unpaired) electrons. The minimum Gasteiger partial charge on any atom is -0.388 e. The maximum Gasteiger partial charge on any atom is 0.178 e. The lowest BCUT2D eigenvalue weighted by Crippen LogP contribution is -2.46. The molecule has 1 aliphatic heterocycles. The molecule has 1 saturated heterocycles. The van der Waals surface area contributed by atoms with Crippen LogP contribution in [0.3, 0.4) is 0 Å². The van der Waals surface area contributed by atoms with Crippen LogP contribution in [0.5, 0.6) is 0 Å². The topological polar surface area (TPSA) is 80.0 Å². The smallest absolute Gasteiger partial charge is 0.178 e. The first-order chi connectivity index (χ1) is 12.7. The van der Waals surface area contributed by atoms with Crippen LogP contribution in [0.4, 0.5) is 0 Å². The van der Waals surface area contributed by atoms with Crippen molar-refractivity contribution in [3.63, 3.8) is 0 Å². The van der Waals surface area contributed by atoms with Crippen LogP contribution in [0, 0.1) is 0 Å². The van der Waals surface area contributed by atoms with Gasteiger partial charge in [-0.2, -0.15) is 0 Å². The van der Waals surface area contributed by atoms with Gasteiger partial charge in [-0.3, -0.25) is 9.88 Å². The van der Waals surface area contributed by atoms with Gasteiger partial charge in [-0.15, -0.1) is 0 Å². The van der Waals surface area contributed by atoms with Gasteiger partial charge in [-0.25, -0.2) is 15.0 Å². The van der Waals surface area contributed by atoms with Crippen molar-refractivity contribution in [1.82, 2.24) is 29.4 Å². The molecule has 0 spiro atoms. The van der Waals surface area contributed by atoms with E-state index in [-0.39, 0.29) is 0 Å². The minimum absolute atomic E-state index is 0.600. The van der Waals surface area contributed by atoms with E-state index in [1.54, 1.807) is 18.7 Å². The SMILES string of the molecule is OC1(Cn2ccnc2)CCN(Cc2cnc(-c3ccccn3)nc2)CC1. The van der Waals surface area contributed by atoms with Gasteiger partial charge in [0.25, 0.3) is 0 Å². The van der Waals surface area contributed by atoms with Gasteiger partial charge in [0.15, 0.2) is 5.82 Å². The van der Waals surface area contributed by atoms with Crippen LogP contribution in [0.25, 0.3) is 11.5 Å². The Morgan fingerprint density at radius 3 is 2.50 bits per heavy atom. The van der Waals surface area contributed by atoms with Crippen molar-refractivity contribution in [2.45, 2.75) is 31.5 Å². The van der Waals surface area contributed by atoms with Gasteiger partial charge in [-0.05, 0) is 25.0 Å². The molecule has 26 heavy (non-hydrogen) atoms. The van der Waals surface area contributed by atoms with Crippen LogP contribution in [-0.4, -0.2) is 53.2 Å². The van der Waals surface area contributed by atoms with E-state index in [9.17, 15) is 5.11 Å². The number of rotatable bonds is 5. The maximum absolute atomic E-state index is 10.8. The Morgan fingerprint density at radius 1 is 1.04 bits per heavy atom. The predicted octanol–water partition coefficient (Wildman–Crippen LogP) is 1.76. The van der Waals surface area contributed by atoms with Crippen molar-refractivity contribution in [1.29, 1.82) is 0 Å². The lowest BCUT2D eigenvalue weighted by atomic mass is 9.91. The van der Waals surface area contributed by atoms with Gasteiger partial charge in [0.2, 0.25) is 0 Å². The van der Waals surface area contributed by atoms with E-state index in [0.29, 0.717) is 12.4 Å². The molecule has 7 heteroatoms. The molecule has 4 rings (SSSR count). The van der Waals surface area contributed by atoms with E-state index in [0.717, 1.165) is 43.7 Å². The molecule has 1 fully saturated rings. The third kappa shape index (κ3) is 3.95. The average molecular weight is 350 g/mol. The summed E-state index contributed by atoms with van der Waals surface area (Å²) in [5.74, 6) is 0.641. The van der Waals surface area contributed by atoms with E-state index >= 15 is 0 Å². The number of piperidine rings is 1. The Balaban J connectivity index is 1.33. The summed E-state index contributed by atoms with van der Waals surface area (Å²) in [5.41, 5.74) is 1.20. The molecule has 0 amide bonds. The number of aliphatic hydroxyl groups is 1. The fourth-order valence-corrected chi connectivity index (χ4v) is 3.33. The second kappa shape index (κ2) is 7.31. The molecule has 0 saturated carbocycles. The van der Waals surface area contributed by atoms with Crippen LogP contribution in [-0.2, 0) is 13.1 Å². The van der Waals surface area contributed by atoms with E-state index < -0.39 is 5.60 Å². The highest BCUT2D eigenvalue weighted by Gasteiger charge is 2.32. The van der Waals surface area contributed by atoms with Gasteiger partial charge in [0, 0.05) is 56.2 Å². The molecular weight excluding hydrogens is 328 g/mol. The predicted molar refractivity (Wildman–Crippen MR) is 97.0 cm³/mol. The summed E-state index contributed by atoms with van der Waals surface area (Å²) >= 11 is 0. The number of pyridine rings is 1. The third-order valence-corrected chi connectivity index (χ3v) is 4.83. The molecule has 4 heterocycles. The van der Waals surface area contributed by atoms with Crippen molar-refractivity contribution >= 4 is 0 Å². The molecular formula is C19H22N6O. The number of hydrogen-bond acceptors (Lipinski definition) is 6. The summed E-state index contributed by atoms with van der Waals surface area (Å²) in [6.45, 7) is 3.10. The largest absolute Gasteiger partial charge is 0.388 e. The van der Waals surface area contributed by atoms with Crippen molar-refractivity contribution in [2.24, 2.45) is 0 Å². The first-order valence-electron chi connectivity index (χ1n) is 8.83. The second-order valence-electron chi connectivity index (χ2n) is 6.87.